The van der Waals surface area contributed by atoms with Crippen molar-refractivity contribution in [3.8, 4) is 0 Å². The molecule has 1 aromatic heterocycles. The summed E-state index contributed by atoms with van der Waals surface area (Å²) in [4.78, 5) is 6.44. The minimum absolute atomic E-state index is 0.309. The van der Waals surface area contributed by atoms with Gasteiger partial charge in [-0.15, -0.1) is 0 Å². The Morgan fingerprint density at radius 3 is 2.53 bits per heavy atom. The molecule has 3 heteroatoms. The monoisotopic (exact) mass is 236 g/mol. The molecule has 0 spiro atoms. The van der Waals surface area contributed by atoms with E-state index in [1.807, 2.05) is 12.4 Å². The maximum atomic E-state index is 9.17. The number of hydrogen-bond donors (Lipinski definition) is 1. The summed E-state index contributed by atoms with van der Waals surface area (Å²) in [6.45, 7) is 7.70. The third-order valence-electron chi connectivity index (χ3n) is 3.29. The van der Waals surface area contributed by atoms with Gasteiger partial charge in [0.25, 0.3) is 0 Å². The minimum Gasteiger partial charge on any atom is -0.396 e. The van der Waals surface area contributed by atoms with Gasteiger partial charge in [0.1, 0.15) is 0 Å². The van der Waals surface area contributed by atoms with Gasteiger partial charge in [0.05, 0.1) is 0 Å². The Hall–Kier alpha value is -0.930. The number of pyridine rings is 1. The van der Waals surface area contributed by atoms with Crippen molar-refractivity contribution in [2.24, 2.45) is 5.92 Å². The summed E-state index contributed by atoms with van der Waals surface area (Å²) < 4.78 is 0. The molecule has 0 amide bonds. The van der Waals surface area contributed by atoms with E-state index in [-0.39, 0.29) is 0 Å². The molecule has 0 saturated carbocycles. The van der Waals surface area contributed by atoms with E-state index in [9.17, 15) is 5.11 Å². The number of rotatable bonds is 8. The van der Waals surface area contributed by atoms with Gasteiger partial charge in [0, 0.05) is 25.5 Å². The highest BCUT2D eigenvalue weighted by Gasteiger charge is 2.08. The largest absolute Gasteiger partial charge is 0.396 e. The predicted octanol–water partition coefficient (Wildman–Crippen LogP) is 2.31. The molecule has 1 aromatic rings. The highest BCUT2D eigenvalue weighted by atomic mass is 16.3. The van der Waals surface area contributed by atoms with E-state index >= 15 is 0 Å². The van der Waals surface area contributed by atoms with Crippen molar-refractivity contribution in [1.82, 2.24) is 9.88 Å². The average molecular weight is 236 g/mol. The minimum atomic E-state index is 0.309. The molecular weight excluding hydrogens is 212 g/mol. The zero-order valence-electron chi connectivity index (χ0n) is 11.0. The molecule has 0 aliphatic rings. The number of aliphatic hydroxyl groups is 1. The number of nitrogens with zero attached hydrogens (tertiary/aromatic N) is 2. The maximum absolute atomic E-state index is 9.17. The van der Waals surface area contributed by atoms with Crippen molar-refractivity contribution >= 4 is 0 Å². The third kappa shape index (κ3) is 5.29. The third-order valence-corrected chi connectivity index (χ3v) is 3.29. The number of hydrogen-bond acceptors (Lipinski definition) is 3. The second-order valence-electron chi connectivity index (χ2n) is 4.47. The van der Waals surface area contributed by atoms with Crippen LogP contribution in [0.25, 0.3) is 0 Å². The van der Waals surface area contributed by atoms with Crippen LogP contribution in [0.3, 0.4) is 0 Å². The van der Waals surface area contributed by atoms with Crippen molar-refractivity contribution in [2.75, 3.05) is 19.7 Å². The summed E-state index contributed by atoms with van der Waals surface area (Å²) in [5.41, 5.74) is 1.30. The zero-order chi connectivity index (χ0) is 12.5. The van der Waals surface area contributed by atoms with E-state index in [1.54, 1.807) is 0 Å². The van der Waals surface area contributed by atoms with Crippen molar-refractivity contribution in [2.45, 2.75) is 33.2 Å². The molecule has 0 saturated heterocycles. The fraction of sp³-hybridized carbons (Fsp3) is 0.643. The van der Waals surface area contributed by atoms with Crippen molar-refractivity contribution in [3.63, 3.8) is 0 Å². The molecule has 0 fully saturated rings. The van der Waals surface area contributed by atoms with E-state index in [2.05, 4.69) is 35.9 Å². The zero-order valence-corrected chi connectivity index (χ0v) is 11.0. The summed E-state index contributed by atoms with van der Waals surface area (Å²) in [5.74, 6) is 0.446. The molecule has 3 nitrogen and oxygen atoms in total. The molecule has 1 atom stereocenters. The molecule has 17 heavy (non-hydrogen) atoms. The lowest BCUT2D eigenvalue weighted by molar-refractivity contribution is 0.186. The smallest absolute Gasteiger partial charge is 0.0459 e. The van der Waals surface area contributed by atoms with Gasteiger partial charge in [-0.05, 0) is 43.1 Å². The topological polar surface area (TPSA) is 36.4 Å². The first kappa shape index (κ1) is 14.1. The Morgan fingerprint density at radius 1 is 1.29 bits per heavy atom. The van der Waals surface area contributed by atoms with Crippen LogP contribution in [0.15, 0.2) is 24.5 Å². The maximum Gasteiger partial charge on any atom is 0.0459 e. The molecule has 96 valence electrons. The van der Waals surface area contributed by atoms with Gasteiger partial charge >= 0.3 is 0 Å². The van der Waals surface area contributed by atoms with Crippen molar-refractivity contribution in [1.29, 1.82) is 0 Å². The fourth-order valence-electron chi connectivity index (χ4n) is 1.89. The van der Waals surface area contributed by atoms with Crippen LogP contribution in [0.1, 0.15) is 32.3 Å². The van der Waals surface area contributed by atoms with Gasteiger partial charge < -0.3 is 5.11 Å². The van der Waals surface area contributed by atoms with Crippen LogP contribution in [0.5, 0.6) is 0 Å². The molecule has 0 aromatic carbocycles. The second-order valence-corrected chi connectivity index (χ2v) is 4.47. The standard InChI is InChI=1S/C14H24N2O/c1-3-13(12-17)7-10-16(4-2)11-14-5-8-15-9-6-14/h5-6,8-9,13,17H,3-4,7,10-12H2,1-2H3. The van der Waals surface area contributed by atoms with Crippen LogP contribution in [0, 0.1) is 5.92 Å². The Balaban J connectivity index is 2.38. The Labute approximate surface area is 104 Å². The summed E-state index contributed by atoms with van der Waals surface area (Å²) in [6, 6.07) is 4.12. The quantitative estimate of drug-likeness (QED) is 0.752. The number of aromatic nitrogens is 1. The normalized spacial score (nSPS) is 12.9. The van der Waals surface area contributed by atoms with Crippen LogP contribution in [-0.4, -0.2) is 34.7 Å². The molecule has 1 heterocycles. The summed E-state index contributed by atoms with van der Waals surface area (Å²) in [7, 11) is 0. The average Bonchev–Trinajstić information content (AvgIpc) is 2.39. The fourth-order valence-corrected chi connectivity index (χ4v) is 1.89. The molecule has 1 unspecified atom stereocenters. The van der Waals surface area contributed by atoms with Crippen LogP contribution in [-0.2, 0) is 6.54 Å². The Morgan fingerprint density at radius 2 is 2.00 bits per heavy atom. The van der Waals surface area contributed by atoms with Gasteiger partial charge in [-0.3, -0.25) is 9.88 Å². The molecule has 1 rings (SSSR count). The molecule has 1 N–H and O–H groups in total. The van der Waals surface area contributed by atoms with Crippen molar-refractivity contribution < 1.29 is 5.11 Å². The Bertz CT molecular complexity index is 286. The van der Waals surface area contributed by atoms with Crippen LogP contribution < -0.4 is 0 Å². The number of aliphatic hydroxyl groups excluding tert-OH is 1. The molecule has 0 radical (unpaired) electrons. The first-order valence-electron chi connectivity index (χ1n) is 6.52. The van der Waals surface area contributed by atoms with Gasteiger partial charge in [-0.2, -0.15) is 0 Å². The molecule has 0 bridgehead atoms. The van der Waals surface area contributed by atoms with Crippen LogP contribution in [0.4, 0.5) is 0 Å². The highest BCUT2D eigenvalue weighted by molar-refractivity contribution is 5.09. The second kappa shape index (κ2) is 8.20. The van der Waals surface area contributed by atoms with E-state index in [4.69, 9.17) is 0 Å². The van der Waals surface area contributed by atoms with Crippen LogP contribution >= 0.6 is 0 Å². The lowest BCUT2D eigenvalue weighted by Gasteiger charge is -2.22. The van der Waals surface area contributed by atoms with Gasteiger partial charge in [-0.25, -0.2) is 0 Å². The van der Waals surface area contributed by atoms with E-state index < -0.39 is 0 Å². The first-order chi connectivity index (χ1) is 8.30. The van der Waals surface area contributed by atoms with Gasteiger partial charge in [0.15, 0.2) is 0 Å². The van der Waals surface area contributed by atoms with E-state index in [0.29, 0.717) is 12.5 Å². The van der Waals surface area contributed by atoms with Gasteiger partial charge in [0.2, 0.25) is 0 Å². The summed E-state index contributed by atoms with van der Waals surface area (Å²) >= 11 is 0. The highest BCUT2D eigenvalue weighted by Crippen LogP contribution is 2.10. The van der Waals surface area contributed by atoms with Gasteiger partial charge in [-0.1, -0.05) is 20.3 Å². The Kier molecular flexibility index (Phi) is 6.82. The van der Waals surface area contributed by atoms with Crippen LogP contribution in [0.2, 0.25) is 0 Å². The molecule has 0 aliphatic heterocycles. The SMILES string of the molecule is CCC(CO)CCN(CC)Cc1ccncc1. The van der Waals surface area contributed by atoms with Crippen molar-refractivity contribution in [3.05, 3.63) is 30.1 Å². The first-order valence-corrected chi connectivity index (χ1v) is 6.52. The van der Waals surface area contributed by atoms with E-state index in [0.717, 1.165) is 32.5 Å². The summed E-state index contributed by atoms with van der Waals surface area (Å²) in [5, 5.41) is 9.17. The summed E-state index contributed by atoms with van der Waals surface area (Å²) in [6.07, 6.45) is 5.81. The molecule has 0 aliphatic carbocycles. The predicted molar refractivity (Wildman–Crippen MR) is 70.7 cm³/mol. The lowest BCUT2D eigenvalue weighted by Crippen LogP contribution is -2.26. The molecular formula is C14H24N2O. The lowest BCUT2D eigenvalue weighted by atomic mass is 10.0. The van der Waals surface area contributed by atoms with E-state index in [1.165, 1.54) is 5.56 Å².